The number of nitrogens with two attached hydrogens (primary N) is 1. The van der Waals surface area contributed by atoms with Crippen LogP contribution in [0.5, 0.6) is 5.75 Å². The highest BCUT2D eigenvalue weighted by Gasteiger charge is 2.20. The van der Waals surface area contributed by atoms with E-state index in [4.69, 9.17) is 15.2 Å². The molecule has 10 heteroatoms. The number of nitrogens with one attached hydrogen (secondary N) is 2. The largest absolute Gasteiger partial charge is 0.495 e. The van der Waals surface area contributed by atoms with Gasteiger partial charge < -0.3 is 25.8 Å². The van der Waals surface area contributed by atoms with Crippen molar-refractivity contribution in [2.45, 2.75) is 32.4 Å². The third-order valence-electron chi connectivity index (χ3n) is 4.92. The molecule has 9 nitrogen and oxygen atoms in total. The van der Waals surface area contributed by atoms with E-state index in [1.54, 1.807) is 23.6 Å². The fourth-order valence-corrected chi connectivity index (χ4v) is 4.12. The Balaban J connectivity index is 1.53. The number of para-hydroxylation sites is 2. The number of benzene rings is 2. The number of rotatable bonds is 10. The quantitative estimate of drug-likeness (QED) is 0.379. The number of carbonyl (C=O) groups is 3. The number of nitrogens with zero attached hydrogens (tertiary/aromatic N) is 1. The molecule has 0 spiro atoms. The number of aryl methyl sites for hydroxylation is 1. The first-order valence-electron chi connectivity index (χ1n) is 10.5. The lowest BCUT2D eigenvalue weighted by Gasteiger charge is -2.19. The summed E-state index contributed by atoms with van der Waals surface area (Å²) >= 11 is 1.30. The van der Waals surface area contributed by atoms with Crippen LogP contribution in [0.1, 0.15) is 34.3 Å². The SMILES string of the molecule is COc1ccccc1NC(=O)Cc1nc(COC(=O)CC(NC(N)=O)c2ccccc2C)cs1. The van der Waals surface area contributed by atoms with Crippen LogP contribution in [-0.4, -0.2) is 30.0 Å². The molecule has 0 aliphatic heterocycles. The summed E-state index contributed by atoms with van der Waals surface area (Å²) in [6, 6.07) is 13.2. The number of anilines is 1. The highest BCUT2D eigenvalue weighted by molar-refractivity contribution is 7.09. The zero-order valence-electron chi connectivity index (χ0n) is 18.9. The molecule has 4 N–H and O–H groups in total. The normalized spacial score (nSPS) is 11.4. The predicted molar refractivity (Wildman–Crippen MR) is 128 cm³/mol. The number of ether oxygens (including phenoxy) is 2. The minimum absolute atomic E-state index is 0.0411. The van der Waals surface area contributed by atoms with Crippen LogP contribution in [0, 0.1) is 6.92 Å². The maximum atomic E-state index is 12.4. The molecular formula is C24H26N4O5S. The topological polar surface area (TPSA) is 133 Å². The molecule has 0 saturated carbocycles. The molecular weight excluding hydrogens is 456 g/mol. The molecule has 0 aliphatic carbocycles. The van der Waals surface area contributed by atoms with E-state index in [9.17, 15) is 14.4 Å². The zero-order chi connectivity index (χ0) is 24.5. The van der Waals surface area contributed by atoms with E-state index in [0.717, 1.165) is 11.1 Å². The second-order valence-corrected chi connectivity index (χ2v) is 8.38. The number of thiazole rings is 1. The molecule has 1 aromatic heterocycles. The lowest BCUT2D eigenvalue weighted by atomic mass is 9.99. The highest BCUT2D eigenvalue weighted by Crippen LogP contribution is 2.24. The number of urea groups is 1. The molecule has 0 aliphatic rings. The average Bonchev–Trinajstić information content (AvgIpc) is 3.24. The van der Waals surface area contributed by atoms with Crippen molar-refractivity contribution in [3.05, 3.63) is 75.7 Å². The van der Waals surface area contributed by atoms with Crippen LogP contribution in [0.4, 0.5) is 10.5 Å². The Morgan fingerprint density at radius 3 is 2.59 bits per heavy atom. The van der Waals surface area contributed by atoms with Gasteiger partial charge in [-0.15, -0.1) is 11.3 Å². The van der Waals surface area contributed by atoms with Crippen LogP contribution < -0.4 is 21.1 Å². The molecule has 178 valence electrons. The summed E-state index contributed by atoms with van der Waals surface area (Å²) in [6.45, 7) is 1.84. The van der Waals surface area contributed by atoms with Crippen molar-refractivity contribution >= 4 is 34.9 Å². The maximum Gasteiger partial charge on any atom is 0.312 e. The number of primary amides is 1. The predicted octanol–water partition coefficient (Wildman–Crippen LogP) is 3.48. The molecule has 3 amide bonds. The van der Waals surface area contributed by atoms with E-state index < -0.39 is 18.0 Å². The van der Waals surface area contributed by atoms with E-state index in [-0.39, 0.29) is 25.4 Å². The minimum Gasteiger partial charge on any atom is -0.495 e. The van der Waals surface area contributed by atoms with Crippen molar-refractivity contribution in [1.29, 1.82) is 0 Å². The summed E-state index contributed by atoms with van der Waals surface area (Å²) in [4.78, 5) is 40.6. The molecule has 1 atom stereocenters. The Morgan fingerprint density at radius 1 is 1.12 bits per heavy atom. The van der Waals surface area contributed by atoms with E-state index >= 15 is 0 Å². The minimum atomic E-state index is -0.725. The molecule has 0 radical (unpaired) electrons. The van der Waals surface area contributed by atoms with Crippen molar-refractivity contribution in [2.24, 2.45) is 5.73 Å². The zero-order valence-corrected chi connectivity index (χ0v) is 19.7. The van der Waals surface area contributed by atoms with Gasteiger partial charge in [0.15, 0.2) is 0 Å². The van der Waals surface area contributed by atoms with E-state index in [0.29, 0.717) is 22.1 Å². The van der Waals surface area contributed by atoms with Gasteiger partial charge in [0.2, 0.25) is 5.91 Å². The van der Waals surface area contributed by atoms with Gasteiger partial charge in [-0.3, -0.25) is 9.59 Å². The molecule has 0 bridgehead atoms. The van der Waals surface area contributed by atoms with Crippen LogP contribution in [0.15, 0.2) is 53.9 Å². The molecule has 0 saturated heterocycles. The molecule has 1 unspecified atom stereocenters. The van der Waals surface area contributed by atoms with Crippen molar-refractivity contribution in [3.63, 3.8) is 0 Å². The molecule has 2 aromatic carbocycles. The van der Waals surface area contributed by atoms with Crippen LogP contribution in [0.2, 0.25) is 0 Å². The summed E-state index contributed by atoms with van der Waals surface area (Å²) in [5.41, 5.74) is 8.10. The second-order valence-electron chi connectivity index (χ2n) is 7.44. The maximum absolute atomic E-state index is 12.4. The van der Waals surface area contributed by atoms with Crippen LogP contribution in [0.3, 0.4) is 0 Å². The fraction of sp³-hybridized carbons (Fsp3) is 0.250. The molecule has 3 aromatic rings. The molecule has 34 heavy (non-hydrogen) atoms. The van der Waals surface area contributed by atoms with Gasteiger partial charge in [-0.1, -0.05) is 36.4 Å². The molecule has 1 heterocycles. The average molecular weight is 483 g/mol. The highest BCUT2D eigenvalue weighted by atomic mass is 32.1. The Morgan fingerprint density at radius 2 is 1.85 bits per heavy atom. The van der Waals surface area contributed by atoms with Crippen molar-refractivity contribution in [3.8, 4) is 5.75 Å². The van der Waals surface area contributed by atoms with Crippen LogP contribution >= 0.6 is 11.3 Å². The van der Waals surface area contributed by atoms with Crippen molar-refractivity contribution in [2.75, 3.05) is 12.4 Å². The van der Waals surface area contributed by atoms with Crippen molar-refractivity contribution < 1.29 is 23.9 Å². The fourth-order valence-electron chi connectivity index (χ4n) is 3.34. The van der Waals surface area contributed by atoms with Gasteiger partial charge >= 0.3 is 12.0 Å². The summed E-state index contributed by atoms with van der Waals surface area (Å²) in [6.07, 6.45) is 0.000648. The van der Waals surface area contributed by atoms with E-state index in [1.807, 2.05) is 37.3 Å². The van der Waals surface area contributed by atoms with Crippen LogP contribution in [0.25, 0.3) is 0 Å². The lowest BCUT2D eigenvalue weighted by molar-refractivity contribution is -0.145. The summed E-state index contributed by atoms with van der Waals surface area (Å²) < 4.78 is 10.6. The first-order valence-corrected chi connectivity index (χ1v) is 11.4. The summed E-state index contributed by atoms with van der Waals surface area (Å²) in [5.74, 6) is -0.177. The Hall–Kier alpha value is -3.92. The lowest BCUT2D eigenvalue weighted by Crippen LogP contribution is -2.35. The van der Waals surface area contributed by atoms with Crippen molar-refractivity contribution in [1.82, 2.24) is 10.3 Å². The first-order chi connectivity index (χ1) is 16.4. The smallest absolute Gasteiger partial charge is 0.312 e. The number of methoxy groups -OCH3 is 1. The van der Waals surface area contributed by atoms with Gasteiger partial charge in [0.05, 0.1) is 37.4 Å². The number of hydrogen-bond acceptors (Lipinski definition) is 7. The third kappa shape index (κ3) is 7.04. The Labute approximate surface area is 201 Å². The van der Waals surface area contributed by atoms with Gasteiger partial charge in [-0.2, -0.15) is 0 Å². The number of aromatic nitrogens is 1. The van der Waals surface area contributed by atoms with Gasteiger partial charge in [0, 0.05) is 5.38 Å². The second kappa shape index (κ2) is 11.8. The molecule has 3 rings (SSSR count). The number of hydrogen-bond donors (Lipinski definition) is 3. The van der Waals surface area contributed by atoms with E-state index in [1.165, 1.54) is 18.4 Å². The summed E-state index contributed by atoms with van der Waals surface area (Å²) in [7, 11) is 1.53. The number of amides is 3. The van der Waals surface area contributed by atoms with Crippen LogP contribution in [-0.2, 0) is 27.4 Å². The van der Waals surface area contributed by atoms with E-state index in [2.05, 4.69) is 15.6 Å². The van der Waals surface area contributed by atoms with Gasteiger partial charge in [-0.05, 0) is 30.2 Å². The molecule has 0 fully saturated rings. The number of carbonyl (C=O) groups excluding carboxylic acids is 3. The van der Waals surface area contributed by atoms with Gasteiger partial charge in [0.1, 0.15) is 17.4 Å². The third-order valence-corrected chi connectivity index (χ3v) is 5.82. The summed E-state index contributed by atoms with van der Waals surface area (Å²) in [5, 5.41) is 7.72. The first kappa shape index (κ1) is 24.7. The standard InChI is InChI=1S/C24H26N4O5S/c1-15-7-3-4-8-17(15)19(28-24(25)31)11-23(30)33-13-16-14-34-22(26-16)12-21(29)27-18-9-5-6-10-20(18)32-2/h3-10,14,19H,11-13H2,1-2H3,(H,27,29)(H3,25,28,31). The monoisotopic (exact) mass is 482 g/mol. The number of esters is 1. The van der Waals surface area contributed by atoms with Gasteiger partial charge in [-0.25, -0.2) is 9.78 Å². The Bertz CT molecular complexity index is 1160. The Kier molecular flexibility index (Phi) is 8.58. The van der Waals surface area contributed by atoms with Gasteiger partial charge in [0.25, 0.3) is 0 Å².